The molecule has 41 heavy (non-hydrogen) atoms. The number of rotatable bonds is 9. The SMILES string of the molecule is Cc1nc2ccccc2n1[C@H]1CCN(CCC(C)(CN(C)S(=O)(=O)c2ccccc2)c2ccccc2)C2CC[C@H]2C1. The molecule has 7 heteroatoms. The second-order valence-corrected chi connectivity index (χ2v) is 14.4. The molecule has 0 spiro atoms. The molecule has 6 rings (SSSR count). The molecule has 0 N–H and O–H groups in total. The van der Waals surface area contributed by atoms with Gasteiger partial charge in [0.25, 0.3) is 0 Å². The Labute approximate surface area is 245 Å². The molecular weight excluding hydrogens is 528 g/mol. The molecular formula is C34H42N4O2S. The van der Waals surface area contributed by atoms with Gasteiger partial charge in [-0.05, 0) is 81.3 Å². The lowest BCUT2D eigenvalue weighted by molar-refractivity contribution is 0.0654. The number of para-hydroxylation sites is 2. The Kier molecular flexibility index (Phi) is 7.79. The fourth-order valence-corrected chi connectivity index (χ4v) is 8.60. The number of hydrogen-bond acceptors (Lipinski definition) is 4. The molecule has 2 aliphatic rings. The molecule has 2 heterocycles. The van der Waals surface area contributed by atoms with Crippen LogP contribution in [-0.4, -0.2) is 59.9 Å². The Morgan fingerprint density at radius 1 is 0.927 bits per heavy atom. The zero-order valence-corrected chi connectivity index (χ0v) is 25.3. The third-order valence-electron chi connectivity index (χ3n) is 9.75. The standard InChI is InChI=1S/C34H42N4O2S/c1-26-35-31-16-10-11-17-33(31)38(26)29-20-22-37(32-19-18-27(32)24-29)23-21-34(2,28-12-6-4-7-13-28)25-36(3)41(39,40)30-14-8-5-9-15-30/h4-17,27,29,32H,18-25H2,1-3H3/t27-,29-,32?,34?/m0/s1. The van der Waals surface area contributed by atoms with E-state index in [4.69, 9.17) is 4.98 Å². The number of imidazole rings is 1. The smallest absolute Gasteiger partial charge is 0.242 e. The lowest BCUT2D eigenvalue weighted by Crippen LogP contribution is -2.48. The van der Waals surface area contributed by atoms with Crippen molar-refractivity contribution in [3.63, 3.8) is 0 Å². The first-order valence-electron chi connectivity index (χ1n) is 15.0. The van der Waals surface area contributed by atoms with Crippen molar-refractivity contribution in [3.05, 3.63) is 96.3 Å². The number of aromatic nitrogens is 2. The monoisotopic (exact) mass is 570 g/mol. The highest BCUT2D eigenvalue weighted by atomic mass is 32.2. The molecule has 0 amide bonds. The maximum Gasteiger partial charge on any atom is 0.242 e. The largest absolute Gasteiger partial charge is 0.325 e. The Hall–Kier alpha value is -3.00. The number of fused-ring (bicyclic) bond motifs is 2. The molecule has 4 aromatic rings. The van der Waals surface area contributed by atoms with Gasteiger partial charge in [0.1, 0.15) is 5.82 Å². The second-order valence-electron chi connectivity index (χ2n) is 12.4. The molecule has 1 aliphatic carbocycles. The van der Waals surface area contributed by atoms with Crippen molar-refractivity contribution in [2.75, 3.05) is 26.7 Å². The summed E-state index contributed by atoms with van der Waals surface area (Å²) in [6.45, 7) is 6.83. The predicted molar refractivity (Wildman–Crippen MR) is 165 cm³/mol. The van der Waals surface area contributed by atoms with Crippen LogP contribution in [0.3, 0.4) is 0 Å². The highest BCUT2D eigenvalue weighted by Crippen LogP contribution is 2.43. The molecule has 1 aliphatic heterocycles. The van der Waals surface area contributed by atoms with Gasteiger partial charge >= 0.3 is 0 Å². The lowest BCUT2D eigenvalue weighted by Gasteiger charge is -2.44. The maximum atomic E-state index is 13.5. The van der Waals surface area contributed by atoms with Crippen LogP contribution in [0.5, 0.6) is 0 Å². The Morgan fingerprint density at radius 2 is 1.61 bits per heavy atom. The zero-order valence-electron chi connectivity index (χ0n) is 24.5. The van der Waals surface area contributed by atoms with Crippen molar-refractivity contribution in [1.29, 1.82) is 0 Å². The zero-order chi connectivity index (χ0) is 28.6. The van der Waals surface area contributed by atoms with Crippen LogP contribution < -0.4 is 0 Å². The highest BCUT2D eigenvalue weighted by molar-refractivity contribution is 7.89. The number of sulfonamides is 1. The van der Waals surface area contributed by atoms with Crippen LogP contribution in [0.15, 0.2) is 89.8 Å². The van der Waals surface area contributed by atoms with Gasteiger partial charge < -0.3 is 4.57 Å². The van der Waals surface area contributed by atoms with E-state index in [-0.39, 0.29) is 5.41 Å². The normalized spacial score (nSPS) is 23.1. The fraction of sp³-hybridized carbons (Fsp3) is 0.441. The molecule has 2 fully saturated rings. The van der Waals surface area contributed by atoms with Gasteiger partial charge in [0, 0.05) is 37.6 Å². The van der Waals surface area contributed by atoms with E-state index in [1.54, 1.807) is 35.6 Å². The van der Waals surface area contributed by atoms with Crippen molar-refractivity contribution < 1.29 is 8.42 Å². The topological polar surface area (TPSA) is 58.4 Å². The average Bonchev–Trinajstić information content (AvgIpc) is 3.25. The first-order valence-corrected chi connectivity index (χ1v) is 16.4. The summed E-state index contributed by atoms with van der Waals surface area (Å²) in [5.74, 6) is 1.81. The minimum Gasteiger partial charge on any atom is -0.325 e. The summed E-state index contributed by atoms with van der Waals surface area (Å²) >= 11 is 0. The van der Waals surface area contributed by atoms with E-state index in [1.165, 1.54) is 30.3 Å². The van der Waals surface area contributed by atoms with Gasteiger partial charge in [-0.1, -0.05) is 67.6 Å². The van der Waals surface area contributed by atoms with Crippen molar-refractivity contribution in [2.24, 2.45) is 5.92 Å². The molecule has 3 aromatic carbocycles. The van der Waals surface area contributed by atoms with Crippen LogP contribution in [0.1, 0.15) is 56.5 Å². The van der Waals surface area contributed by atoms with Crippen molar-refractivity contribution in [1.82, 2.24) is 18.8 Å². The number of benzene rings is 3. The summed E-state index contributed by atoms with van der Waals surface area (Å²) in [6, 6.07) is 28.8. The number of likely N-dealkylation sites (N-methyl/N-ethyl adjacent to an activating group) is 1. The molecule has 1 saturated carbocycles. The van der Waals surface area contributed by atoms with E-state index >= 15 is 0 Å². The summed E-state index contributed by atoms with van der Waals surface area (Å²) in [5.41, 5.74) is 3.21. The van der Waals surface area contributed by atoms with E-state index in [1.807, 2.05) is 12.1 Å². The Balaban J connectivity index is 1.21. The van der Waals surface area contributed by atoms with Gasteiger partial charge in [-0.25, -0.2) is 17.7 Å². The first kappa shape index (κ1) is 28.1. The van der Waals surface area contributed by atoms with E-state index in [0.717, 1.165) is 37.3 Å². The number of likely N-dealkylation sites (tertiary alicyclic amines) is 1. The van der Waals surface area contributed by atoms with Gasteiger partial charge in [0.15, 0.2) is 0 Å². The third kappa shape index (κ3) is 5.47. The summed E-state index contributed by atoms with van der Waals surface area (Å²) in [5, 5.41) is 0. The molecule has 1 aromatic heterocycles. The molecule has 1 saturated heterocycles. The van der Waals surface area contributed by atoms with Gasteiger partial charge in [0.05, 0.1) is 15.9 Å². The first-order chi connectivity index (χ1) is 19.8. The Bertz CT molecular complexity index is 1590. The molecule has 216 valence electrons. The molecule has 2 unspecified atom stereocenters. The molecule has 0 radical (unpaired) electrons. The van der Waals surface area contributed by atoms with E-state index < -0.39 is 10.0 Å². The van der Waals surface area contributed by atoms with E-state index in [0.29, 0.717) is 29.4 Å². The minimum atomic E-state index is -3.58. The predicted octanol–water partition coefficient (Wildman–Crippen LogP) is 6.43. The third-order valence-corrected chi connectivity index (χ3v) is 11.6. The summed E-state index contributed by atoms with van der Waals surface area (Å²) in [4.78, 5) is 7.93. The number of nitrogens with zero attached hydrogens (tertiary/aromatic N) is 4. The number of aryl methyl sites for hydroxylation is 1. The Morgan fingerprint density at radius 3 is 2.32 bits per heavy atom. The van der Waals surface area contributed by atoms with Gasteiger partial charge in [-0.3, -0.25) is 4.90 Å². The summed E-state index contributed by atoms with van der Waals surface area (Å²) in [7, 11) is -1.86. The lowest BCUT2D eigenvalue weighted by atomic mass is 9.75. The van der Waals surface area contributed by atoms with Crippen LogP contribution in [0.2, 0.25) is 0 Å². The minimum absolute atomic E-state index is 0.319. The van der Waals surface area contributed by atoms with Crippen LogP contribution in [0.25, 0.3) is 11.0 Å². The molecule has 4 atom stereocenters. The van der Waals surface area contributed by atoms with E-state index in [2.05, 4.69) is 71.8 Å². The van der Waals surface area contributed by atoms with Gasteiger partial charge in [0.2, 0.25) is 10.0 Å². The van der Waals surface area contributed by atoms with Gasteiger partial charge in [-0.15, -0.1) is 0 Å². The quantitative estimate of drug-likeness (QED) is 0.233. The van der Waals surface area contributed by atoms with Gasteiger partial charge in [-0.2, -0.15) is 0 Å². The van der Waals surface area contributed by atoms with Crippen molar-refractivity contribution in [2.45, 2.75) is 68.3 Å². The number of hydrogen-bond donors (Lipinski definition) is 0. The highest BCUT2D eigenvalue weighted by Gasteiger charge is 2.41. The van der Waals surface area contributed by atoms with Crippen LogP contribution in [0.4, 0.5) is 0 Å². The van der Waals surface area contributed by atoms with E-state index in [9.17, 15) is 8.42 Å². The second kappa shape index (κ2) is 11.3. The molecule has 0 bridgehead atoms. The summed E-state index contributed by atoms with van der Waals surface area (Å²) in [6.07, 6.45) is 5.75. The van der Waals surface area contributed by atoms with Crippen LogP contribution in [-0.2, 0) is 15.4 Å². The fourth-order valence-electron chi connectivity index (χ4n) is 7.29. The maximum absolute atomic E-state index is 13.5. The van der Waals surface area contributed by atoms with Crippen LogP contribution in [0, 0.1) is 12.8 Å². The van der Waals surface area contributed by atoms with Crippen LogP contribution >= 0.6 is 0 Å². The molecule has 6 nitrogen and oxygen atoms in total. The van der Waals surface area contributed by atoms with Crippen molar-refractivity contribution >= 4 is 21.1 Å². The average molecular weight is 571 g/mol. The van der Waals surface area contributed by atoms with Crippen molar-refractivity contribution in [3.8, 4) is 0 Å². The summed E-state index contributed by atoms with van der Waals surface area (Å²) < 4.78 is 31.0.